The fourth-order valence-electron chi connectivity index (χ4n) is 2.59. The summed E-state index contributed by atoms with van der Waals surface area (Å²) in [4.78, 5) is 0. The van der Waals surface area contributed by atoms with Crippen molar-refractivity contribution in [1.29, 1.82) is 0 Å². The lowest BCUT2D eigenvalue weighted by molar-refractivity contribution is 0.363. The maximum absolute atomic E-state index is 13.7. The Bertz CT molecular complexity index is 578. The highest BCUT2D eigenvalue weighted by molar-refractivity contribution is 9.10. The van der Waals surface area contributed by atoms with Gasteiger partial charge in [0.05, 0.1) is 0 Å². The zero-order valence-electron chi connectivity index (χ0n) is 10.4. The number of rotatable bonds is 3. The third kappa shape index (κ3) is 2.66. The normalized spacial score (nSPS) is 21.8. The molecule has 0 amide bonds. The molecule has 0 saturated heterocycles. The van der Waals surface area contributed by atoms with Crippen LogP contribution in [0.2, 0.25) is 0 Å². The van der Waals surface area contributed by atoms with E-state index in [-0.39, 0.29) is 5.82 Å². The number of halogens is 2. The molecule has 1 nitrogen and oxygen atoms in total. The van der Waals surface area contributed by atoms with Gasteiger partial charge in [-0.15, -0.1) is 0 Å². The molecule has 0 aromatic heterocycles. The standard InChI is InChI=1S/C16H15BrFN/c17-14-6-2-4-8-16(14)19-12-9-11(10-12)13-5-1-3-7-15(13)18/h1-8,11-12,19H,9-10H2. The van der Waals surface area contributed by atoms with Gasteiger partial charge in [-0.05, 0) is 58.5 Å². The maximum Gasteiger partial charge on any atom is 0.126 e. The van der Waals surface area contributed by atoms with Crippen LogP contribution in [0.1, 0.15) is 24.3 Å². The zero-order chi connectivity index (χ0) is 13.2. The van der Waals surface area contributed by atoms with E-state index in [0.717, 1.165) is 28.6 Å². The molecule has 98 valence electrons. The molecule has 1 saturated carbocycles. The first kappa shape index (κ1) is 12.7. The van der Waals surface area contributed by atoms with Gasteiger partial charge in [0, 0.05) is 16.2 Å². The Morgan fingerprint density at radius 2 is 1.68 bits per heavy atom. The summed E-state index contributed by atoms with van der Waals surface area (Å²) in [6, 6.07) is 15.6. The molecular weight excluding hydrogens is 305 g/mol. The van der Waals surface area contributed by atoms with Crippen LogP contribution in [0.5, 0.6) is 0 Å². The van der Waals surface area contributed by atoms with Crippen molar-refractivity contribution in [2.45, 2.75) is 24.8 Å². The summed E-state index contributed by atoms with van der Waals surface area (Å²) < 4.78 is 14.7. The van der Waals surface area contributed by atoms with Crippen LogP contribution in [0, 0.1) is 5.82 Å². The predicted molar refractivity (Wildman–Crippen MR) is 79.9 cm³/mol. The molecule has 0 bridgehead atoms. The van der Waals surface area contributed by atoms with E-state index in [1.54, 1.807) is 12.1 Å². The van der Waals surface area contributed by atoms with Crippen LogP contribution in [0.25, 0.3) is 0 Å². The van der Waals surface area contributed by atoms with Gasteiger partial charge in [-0.3, -0.25) is 0 Å². The SMILES string of the molecule is Fc1ccccc1C1CC(Nc2ccccc2Br)C1. The average Bonchev–Trinajstić information content (AvgIpc) is 2.37. The predicted octanol–water partition coefficient (Wildman–Crippen LogP) is 4.95. The Balaban J connectivity index is 1.62. The first-order valence-electron chi connectivity index (χ1n) is 6.49. The Morgan fingerprint density at radius 3 is 2.42 bits per heavy atom. The molecule has 0 heterocycles. The van der Waals surface area contributed by atoms with Crippen LogP contribution in [0.4, 0.5) is 10.1 Å². The lowest BCUT2D eigenvalue weighted by atomic mass is 9.75. The summed E-state index contributed by atoms with van der Waals surface area (Å²) >= 11 is 3.53. The molecule has 0 spiro atoms. The van der Waals surface area contributed by atoms with E-state index in [2.05, 4.69) is 27.3 Å². The average molecular weight is 320 g/mol. The molecule has 0 radical (unpaired) electrons. The summed E-state index contributed by atoms with van der Waals surface area (Å²) in [6.45, 7) is 0. The van der Waals surface area contributed by atoms with Gasteiger partial charge >= 0.3 is 0 Å². The van der Waals surface area contributed by atoms with Crippen molar-refractivity contribution in [2.75, 3.05) is 5.32 Å². The minimum Gasteiger partial charge on any atom is -0.381 e. The van der Waals surface area contributed by atoms with Crippen LogP contribution in [-0.2, 0) is 0 Å². The number of benzene rings is 2. The number of para-hydroxylation sites is 1. The second-order valence-electron chi connectivity index (χ2n) is 5.01. The van der Waals surface area contributed by atoms with Crippen LogP contribution < -0.4 is 5.32 Å². The Morgan fingerprint density at radius 1 is 1.00 bits per heavy atom. The summed E-state index contributed by atoms with van der Waals surface area (Å²) in [5.74, 6) is 0.271. The first-order chi connectivity index (χ1) is 9.24. The Labute approximate surface area is 121 Å². The minimum absolute atomic E-state index is 0.0770. The van der Waals surface area contributed by atoms with E-state index in [4.69, 9.17) is 0 Å². The van der Waals surface area contributed by atoms with E-state index < -0.39 is 0 Å². The van der Waals surface area contributed by atoms with Crippen LogP contribution in [0.15, 0.2) is 53.0 Å². The zero-order valence-corrected chi connectivity index (χ0v) is 12.0. The largest absolute Gasteiger partial charge is 0.381 e. The summed E-state index contributed by atoms with van der Waals surface area (Å²) in [6.07, 6.45) is 1.98. The molecule has 0 atom stereocenters. The molecule has 1 N–H and O–H groups in total. The highest BCUT2D eigenvalue weighted by Gasteiger charge is 2.31. The molecule has 3 heteroatoms. The van der Waals surface area contributed by atoms with Gasteiger partial charge in [0.2, 0.25) is 0 Å². The van der Waals surface area contributed by atoms with Crippen molar-refractivity contribution in [3.05, 3.63) is 64.4 Å². The van der Waals surface area contributed by atoms with E-state index in [1.165, 1.54) is 0 Å². The molecular formula is C16H15BrFN. The van der Waals surface area contributed by atoms with E-state index in [1.807, 2.05) is 30.3 Å². The van der Waals surface area contributed by atoms with Crippen molar-refractivity contribution in [2.24, 2.45) is 0 Å². The van der Waals surface area contributed by atoms with Gasteiger partial charge in [-0.25, -0.2) is 4.39 Å². The minimum atomic E-state index is -0.0770. The number of nitrogens with one attached hydrogen (secondary N) is 1. The van der Waals surface area contributed by atoms with Crippen molar-refractivity contribution in [3.63, 3.8) is 0 Å². The summed E-state index contributed by atoms with van der Waals surface area (Å²) in [7, 11) is 0. The van der Waals surface area contributed by atoms with Gasteiger partial charge in [0.25, 0.3) is 0 Å². The molecule has 0 aliphatic heterocycles. The van der Waals surface area contributed by atoms with Crippen molar-refractivity contribution >= 4 is 21.6 Å². The second-order valence-corrected chi connectivity index (χ2v) is 5.87. The van der Waals surface area contributed by atoms with Gasteiger partial charge in [-0.2, -0.15) is 0 Å². The van der Waals surface area contributed by atoms with Crippen molar-refractivity contribution < 1.29 is 4.39 Å². The van der Waals surface area contributed by atoms with Gasteiger partial charge in [-0.1, -0.05) is 30.3 Å². The molecule has 1 fully saturated rings. The lowest BCUT2D eigenvalue weighted by Crippen LogP contribution is -2.34. The van der Waals surface area contributed by atoms with Gasteiger partial charge in [0.15, 0.2) is 0 Å². The summed E-state index contributed by atoms with van der Waals surface area (Å²) in [5.41, 5.74) is 1.96. The number of anilines is 1. The second kappa shape index (κ2) is 5.33. The van der Waals surface area contributed by atoms with Crippen molar-refractivity contribution in [3.8, 4) is 0 Å². The fraction of sp³-hybridized carbons (Fsp3) is 0.250. The van der Waals surface area contributed by atoms with Crippen molar-refractivity contribution in [1.82, 2.24) is 0 Å². The molecule has 19 heavy (non-hydrogen) atoms. The maximum atomic E-state index is 13.7. The molecule has 2 aromatic carbocycles. The topological polar surface area (TPSA) is 12.0 Å². The molecule has 2 aromatic rings. The monoisotopic (exact) mass is 319 g/mol. The number of hydrogen-bond donors (Lipinski definition) is 1. The molecule has 1 aliphatic rings. The van der Waals surface area contributed by atoms with Crippen LogP contribution >= 0.6 is 15.9 Å². The molecule has 1 aliphatic carbocycles. The highest BCUT2D eigenvalue weighted by Crippen LogP contribution is 2.40. The third-order valence-corrected chi connectivity index (χ3v) is 4.41. The first-order valence-corrected chi connectivity index (χ1v) is 7.29. The highest BCUT2D eigenvalue weighted by atomic mass is 79.9. The smallest absolute Gasteiger partial charge is 0.126 e. The summed E-state index contributed by atoms with van der Waals surface area (Å²) in [5, 5.41) is 3.50. The fourth-order valence-corrected chi connectivity index (χ4v) is 2.99. The van der Waals surface area contributed by atoms with Gasteiger partial charge < -0.3 is 5.32 Å². The van der Waals surface area contributed by atoms with Crippen LogP contribution in [-0.4, -0.2) is 6.04 Å². The quantitative estimate of drug-likeness (QED) is 0.844. The molecule has 3 rings (SSSR count). The van der Waals surface area contributed by atoms with Crippen LogP contribution in [0.3, 0.4) is 0 Å². The molecule has 0 unspecified atom stereocenters. The van der Waals surface area contributed by atoms with Gasteiger partial charge in [0.1, 0.15) is 5.82 Å². The Kier molecular flexibility index (Phi) is 3.56. The van der Waals surface area contributed by atoms with E-state index in [0.29, 0.717) is 12.0 Å². The lowest BCUT2D eigenvalue weighted by Gasteiger charge is -2.37. The number of hydrogen-bond acceptors (Lipinski definition) is 1. The van der Waals surface area contributed by atoms with E-state index >= 15 is 0 Å². The van der Waals surface area contributed by atoms with E-state index in [9.17, 15) is 4.39 Å². The third-order valence-electron chi connectivity index (χ3n) is 3.72. The Hall–Kier alpha value is -1.35.